The molecule has 0 amide bonds. The van der Waals surface area contributed by atoms with Crippen LogP contribution in [0.4, 0.5) is 0 Å². The van der Waals surface area contributed by atoms with Crippen LogP contribution in [-0.4, -0.2) is 63.2 Å². The molecule has 0 saturated carbocycles. The third-order valence-electron chi connectivity index (χ3n) is 2.04. The average Bonchev–Trinajstić information content (AvgIpc) is 2.14. The van der Waals surface area contributed by atoms with E-state index in [0.29, 0.717) is 13.0 Å². The Morgan fingerprint density at radius 2 is 1.86 bits per heavy atom. The number of esters is 1. The molecule has 0 radical (unpaired) electrons. The monoisotopic (exact) mass is 202 g/mol. The topological polar surface area (TPSA) is 32.8 Å². The van der Waals surface area contributed by atoms with Crippen molar-refractivity contribution < 1.29 is 9.53 Å². The molecule has 14 heavy (non-hydrogen) atoms. The highest BCUT2D eigenvalue weighted by Crippen LogP contribution is 1.89. The lowest BCUT2D eigenvalue weighted by molar-refractivity contribution is -0.144. The first-order valence-electron chi connectivity index (χ1n) is 5.05. The predicted molar refractivity (Wildman–Crippen MR) is 57.3 cm³/mol. The third-order valence-corrected chi connectivity index (χ3v) is 2.04. The van der Waals surface area contributed by atoms with E-state index in [2.05, 4.69) is 11.8 Å². The summed E-state index contributed by atoms with van der Waals surface area (Å²) in [5.74, 6) is -0.108. The highest BCUT2D eigenvalue weighted by atomic mass is 16.5. The summed E-state index contributed by atoms with van der Waals surface area (Å²) >= 11 is 0. The van der Waals surface area contributed by atoms with E-state index in [-0.39, 0.29) is 5.97 Å². The fourth-order valence-electron chi connectivity index (χ4n) is 0.860. The van der Waals surface area contributed by atoms with Crippen LogP contribution in [0.15, 0.2) is 0 Å². The Balaban J connectivity index is 3.35. The van der Waals surface area contributed by atoms with Crippen LogP contribution in [0.3, 0.4) is 0 Å². The zero-order valence-electron chi connectivity index (χ0n) is 9.75. The normalized spacial score (nSPS) is 11.0. The van der Waals surface area contributed by atoms with Gasteiger partial charge in [0, 0.05) is 13.1 Å². The van der Waals surface area contributed by atoms with E-state index in [0.717, 1.165) is 19.6 Å². The average molecular weight is 202 g/mol. The fourth-order valence-corrected chi connectivity index (χ4v) is 0.860. The number of hydrogen-bond donors (Lipinski definition) is 0. The third kappa shape index (κ3) is 8.01. The van der Waals surface area contributed by atoms with Crippen LogP contribution in [0, 0.1) is 0 Å². The van der Waals surface area contributed by atoms with Crippen LogP contribution < -0.4 is 0 Å². The van der Waals surface area contributed by atoms with Gasteiger partial charge >= 0.3 is 5.97 Å². The van der Waals surface area contributed by atoms with Crippen LogP contribution in [0.2, 0.25) is 0 Å². The van der Waals surface area contributed by atoms with E-state index in [1.165, 1.54) is 0 Å². The SMILES string of the molecule is CCN(C)CCOC(=O)CCN(C)C. The first kappa shape index (κ1) is 13.4. The lowest BCUT2D eigenvalue weighted by atomic mass is 10.4. The summed E-state index contributed by atoms with van der Waals surface area (Å²) in [4.78, 5) is 15.2. The lowest BCUT2D eigenvalue weighted by Gasteiger charge is -2.14. The first-order chi connectivity index (χ1) is 6.56. The number of carbonyl (C=O) groups excluding carboxylic acids is 1. The van der Waals surface area contributed by atoms with Crippen molar-refractivity contribution in [3.05, 3.63) is 0 Å². The molecule has 0 spiro atoms. The number of nitrogens with zero attached hydrogens (tertiary/aromatic N) is 2. The largest absolute Gasteiger partial charge is 0.464 e. The van der Waals surface area contributed by atoms with Gasteiger partial charge in [-0.15, -0.1) is 0 Å². The minimum Gasteiger partial charge on any atom is -0.464 e. The zero-order valence-corrected chi connectivity index (χ0v) is 9.75. The molecule has 0 saturated heterocycles. The van der Waals surface area contributed by atoms with Crippen LogP contribution >= 0.6 is 0 Å². The van der Waals surface area contributed by atoms with Gasteiger partial charge in [0.25, 0.3) is 0 Å². The number of rotatable bonds is 7. The summed E-state index contributed by atoms with van der Waals surface area (Å²) in [6, 6.07) is 0. The van der Waals surface area contributed by atoms with E-state index in [1.807, 2.05) is 26.0 Å². The minimum atomic E-state index is -0.108. The summed E-state index contributed by atoms with van der Waals surface area (Å²) < 4.78 is 5.06. The molecular formula is C10H22N2O2. The Kier molecular flexibility index (Phi) is 7.42. The molecule has 0 aliphatic rings. The maximum atomic E-state index is 11.1. The standard InChI is InChI=1S/C10H22N2O2/c1-5-12(4)8-9-14-10(13)6-7-11(2)3/h5-9H2,1-4H3. The molecule has 4 nitrogen and oxygen atoms in total. The van der Waals surface area contributed by atoms with Crippen LogP contribution in [0.25, 0.3) is 0 Å². The van der Waals surface area contributed by atoms with Gasteiger partial charge in [-0.1, -0.05) is 6.92 Å². The highest BCUT2D eigenvalue weighted by molar-refractivity contribution is 5.69. The number of likely N-dealkylation sites (N-methyl/N-ethyl adjacent to an activating group) is 1. The summed E-state index contributed by atoms with van der Waals surface area (Å²) in [6.45, 7) is 5.12. The molecule has 0 unspecified atom stereocenters. The Bertz CT molecular complexity index is 160. The van der Waals surface area contributed by atoms with Crippen molar-refractivity contribution in [3.8, 4) is 0 Å². The van der Waals surface area contributed by atoms with Crippen LogP contribution in [-0.2, 0) is 9.53 Å². The van der Waals surface area contributed by atoms with E-state index in [9.17, 15) is 4.79 Å². The first-order valence-corrected chi connectivity index (χ1v) is 5.05. The van der Waals surface area contributed by atoms with E-state index >= 15 is 0 Å². The molecule has 0 N–H and O–H groups in total. The molecule has 0 bridgehead atoms. The Morgan fingerprint density at radius 3 is 2.36 bits per heavy atom. The second-order valence-corrected chi connectivity index (χ2v) is 3.67. The van der Waals surface area contributed by atoms with E-state index in [4.69, 9.17) is 4.74 Å². The molecule has 0 aromatic carbocycles. The predicted octanol–water partition coefficient (Wildman–Crippen LogP) is 0.433. The molecule has 0 aliphatic carbocycles. The summed E-state index contributed by atoms with van der Waals surface area (Å²) in [7, 11) is 5.89. The fraction of sp³-hybridized carbons (Fsp3) is 0.900. The molecule has 0 rings (SSSR count). The van der Waals surface area contributed by atoms with Gasteiger partial charge in [0.05, 0.1) is 6.42 Å². The van der Waals surface area contributed by atoms with E-state index < -0.39 is 0 Å². The number of hydrogen-bond acceptors (Lipinski definition) is 4. The van der Waals surface area contributed by atoms with E-state index in [1.54, 1.807) is 0 Å². The Morgan fingerprint density at radius 1 is 1.21 bits per heavy atom. The van der Waals surface area contributed by atoms with Crippen molar-refractivity contribution in [1.29, 1.82) is 0 Å². The molecule has 84 valence electrons. The van der Waals surface area contributed by atoms with Gasteiger partial charge in [-0.25, -0.2) is 0 Å². The maximum absolute atomic E-state index is 11.1. The molecule has 0 atom stereocenters. The number of ether oxygens (including phenoxy) is 1. The van der Waals surface area contributed by atoms with Crippen molar-refractivity contribution in [2.45, 2.75) is 13.3 Å². The Labute approximate surface area is 86.8 Å². The van der Waals surface area contributed by atoms with Gasteiger partial charge in [-0.3, -0.25) is 4.79 Å². The summed E-state index contributed by atoms with van der Waals surface area (Å²) in [6.07, 6.45) is 0.475. The van der Waals surface area contributed by atoms with Gasteiger partial charge < -0.3 is 14.5 Å². The number of carbonyl (C=O) groups is 1. The minimum absolute atomic E-state index is 0.108. The molecule has 0 fully saturated rings. The highest BCUT2D eigenvalue weighted by Gasteiger charge is 2.03. The molecule has 0 heterocycles. The van der Waals surface area contributed by atoms with Crippen molar-refractivity contribution in [3.63, 3.8) is 0 Å². The molecule has 0 aromatic heterocycles. The van der Waals surface area contributed by atoms with Crippen molar-refractivity contribution in [2.24, 2.45) is 0 Å². The molecule has 0 aromatic rings. The second-order valence-electron chi connectivity index (χ2n) is 3.67. The van der Waals surface area contributed by atoms with Crippen molar-refractivity contribution in [2.75, 3.05) is 47.4 Å². The van der Waals surface area contributed by atoms with Gasteiger partial charge in [-0.2, -0.15) is 0 Å². The van der Waals surface area contributed by atoms with Gasteiger partial charge in [-0.05, 0) is 27.7 Å². The van der Waals surface area contributed by atoms with Gasteiger partial charge in [0.1, 0.15) is 6.61 Å². The summed E-state index contributed by atoms with van der Waals surface area (Å²) in [5.41, 5.74) is 0. The lowest BCUT2D eigenvalue weighted by Crippen LogP contribution is -2.25. The molecule has 0 aliphatic heterocycles. The second kappa shape index (κ2) is 7.76. The van der Waals surface area contributed by atoms with Crippen molar-refractivity contribution in [1.82, 2.24) is 9.80 Å². The maximum Gasteiger partial charge on any atom is 0.307 e. The molecule has 4 heteroatoms. The van der Waals surface area contributed by atoms with Gasteiger partial charge in [0.2, 0.25) is 0 Å². The molecular weight excluding hydrogens is 180 g/mol. The van der Waals surface area contributed by atoms with Crippen molar-refractivity contribution >= 4 is 5.97 Å². The van der Waals surface area contributed by atoms with Crippen LogP contribution in [0.5, 0.6) is 0 Å². The Hall–Kier alpha value is -0.610. The summed E-state index contributed by atoms with van der Waals surface area (Å²) in [5, 5.41) is 0. The van der Waals surface area contributed by atoms with Gasteiger partial charge in [0.15, 0.2) is 0 Å². The van der Waals surface area contributed by atoms with Crippen LogP contribution in [0.1, 0.15) is 13.3 Å². The smallest absolute Gasteiger partial charge is 0.307 e. The quantitative estimate of drug-likeness (QED) is 0.561. The zero-order chi connectivity index (χ0) is 11.0.